The molecule has 0 spiro atoms. The zero-order valence-electron chi connectivity index (χ0n) is 22.3. The third-order valence-electron chi connectivity index (χ3n) is 6.04. The quantitative estimate of drug-likeness (QED) is 0.318. The molecular weight excluding hydrogens is 480 g/mol. The summed E-state index contributed by atoms with van der Waals surface area (Å²) in [5.41, 5.74) is 4.30. The molecule has 6 heteroatoms. The first-order valence-electron chi connectivity index (χ1n) is 12.7. The Morgan fingerprint density at radius 2 is 1.62 bits per heavy atom. The van der Waals surface area contributed by atoms with Crippen LogP contribution in [0.15, 0.2) is 78.9 Å². The summed E-state index contributed by atoms with van der Waals surface area (Å²) in [5.74, 6) is 1.98. The van der Waals surface area contributed by atoms with Gasteiger partial charge < -0.3 is 15.0 Å². The number of hydrogen-bond acceptors (Lipinski definition) is 4. The number of rotatable bonds is 13. The van der Waals surface area contributed by atoms with Gasteiger partial charge in [0.15, 0.2) is 0 Å². The minimum Gasteiger partial charge on any atom is -0.497 e. The molecule has 0 unspecified atom stereocenters. The molecular formula is C31H38N2O3S. The summed E-state index contributed by atoms with van der Waals surface area (Å²) in [7, 11) is 1.65. The van der Waals surface area contributed by atoms with E-state index in [0.717, 1.165) is 28.0 Å². The van der Waals surface area contributed by atoms with Crippen LogP contribution in [0.25, 0.3) is 0 Å². The third kappa shape index (κ3) is 9.29. The minimum absolute atomic E-state index is 0.0411. The van der Waals surface area contributed by atoms with Gasteiger partial charge in [0.05, 0.1) is 12.9 Å². The van der Waals surface area contributed by atoms with Gasteiger partial charge in [-0.3, -0.25) is 9.59 Å². The van der Waals surface area contributed by atoms with Crippen LogP contribution in [0.3, 0.4) is 0 Å². The van der Waals surface area contributed by atoms with E-state index in [4.69, 9.17) is 4.74 Å². The van der Waals surface area contributed by atoms with Crippen LogP contribution in [0.4, 0.5) is 0 Å². The maximum absolute atomic E-state index is 13.7. The van der Waals surface area contributed by atoms with Gasteiger partial charge in [0.1, 0.15) is 11.8 Å². The summed E-state index contributed by atoms with van der Waals surface area (Å²) >= 11 is 1.56. The van der Waals surface area contributed by atoms with Crippen LogP contribution in [0.2, 0.25) is 0 Å². The van der Waals surface area contributed by atoms with Crippen molar-refractivity contribution in [2.75, 3.05) is 19.4 Å². The number of ether oxygens (including phenoxy) is 1. The van der Waals surface area contributed by atoms with Crippen LogP contribution in [0.1, 0.15) is 36.1 Å². The normalized spacial score (nSPS) is 11.7. The number of carbonyl (C=O) groups excluding carboxylic acids is 2. The van der Waals surface area contributed by atoms with Crippen molar-refractivity contribution in [1.29, 1.82) is 0 Å². The molecule has 37 heavy (non-hydrogen) atoms. The zero-order valence-corrected chi connectivity index (χ0v) is 23.1. The molecule has 3 aromatic carbocycles. The van der Waals surface area contributed by atoms with Gasteiger partial charge in [-0.2, -0.15) is 0 Å². The Hall–Kier alpha value is -3.25. The van der Waals surface area contributed by atoms with Crippen LogP contribution < -0.4 is 10.1 Å². The number of aryl methyl sites for hydroxylation is 1. The topological polar surface area (TPSA) is 58.6 Å². The lowest BCUT2D eigenvalue weighted by molar-refractivity contribution is -0.139. The predicted octanol–water partition coefficient (Wildman–Crippen LogP) is 5.65. The van der Waals surface area contributed by atoms with Crippen molar-refractivity contribution in [3.8, 4) is 5.75 Å². The van der Waals surface area contributed by atoms with E-state index >= 15 is 0 Å². The summed E-state index contributed by atoms with van der Waals surface area (Å²) in [4.78, 5) is 29.0. The Morgan fingerprint density at radius 1 is 0.919 bits per heavy atom. The number of nitrogens with zero attached hydrogens (tertiary/aromatic N) is 1. The molecule has 3 aromatic rings. The molecule has 196 valence electrons. The van der Waals surface area contributed by atoms with Crippen LogP contribution in [-0.4, -0.2) is 42.2 Å². The number of carbonyl (C=O) groups is 2. The van der Waals surface area contributed by atoms with Gasteiger partial charge in [-0.25, -0.2) is 0 Å². The van der Waals surface area contributed by atoms with Crippen molar-refractivity contribution in [2.24, 2.45) is 5.92 Å². The van der Waals surface area contributed by atoms with Gasteiger partial charge in [-0.05, 0) is 41.7 Å². The number of amides is 2. The molecule has 0 heterocycles. The summed E-state index contributed by atoms with van der Waals surface area (Å²) in [6, 6.07) is 25.3. The van der Waals surface area contributed by atoms with Crippen molar-refractivity contribution in [3.63, 3.8) is 0 Å². The summed E-state index contributed by atoms with van der Waals surface area (Å²) in [6.07, 6.45) is 0.464. The van der Waals surface area contributed by atoms with Crippen LogP contribution >= 0.6 is 11.8 Å². The molecule has 0 fully saturated rings. The molecule has 5 nitrogen and oxygen atoms in total. The van der Waals surface area contributed by atoms with Gasteiger partial charge in [-0.1, -0.05) is 86.1 Å². The van der Waals surface area contributed by atoms with E-state index in [0.29, 0.717) is 36.9 Å². The fraction of sp³-hybridized carbons (Fsp3) is 0.355. The summed E-state index contributed by atoms with van der Waals surface area (Å²) < 4.78 is 5.23. The first-order valence-corrected chi connectivity index (χ1v) is 13.9. The van der Waals surface area contributed by atoms with E-state index in [1.54, 1.807) is 23.8 Å². The Balaban J connectivity index is 1.82. The number of nitrogens with one attached hydrogen (secondary N) is 1. The maximum Gasteiger partial charge on any atom is 0.243 e. The van der Waals surface area contributed by atoms with E-state index < -0.39 is 6.04 Å². The second-order valence-electron chi connectivity index (χ2n) is 9.70. The molecule has 1 N–H and O–H groups in total. The molecule has 0 aliphatic carbocycles. The molecule has 1 atom stereocenters. The smallest absolute Gasteiger partial charge is 0.243 e. The highest BCUT2D eigenvalue weighted by Gasteiger charge is 2.30. The standard InChI is InChI=1S/C31H38N2O3S/c1-23(2)19-32-31(35)29(18-25-10-6-5-7-11-25)33(20-27-12-8-9-24(3)17-27)30(34)22-37-21-26-13-15-28(36-4)16-14-26/h5-17,23,29H,18-22H2,1-4H3,(H,32,35)/t29-/m0/s1. The highest BCUT2D eigenvalue weighted by Crippen LogP contribution is 2.20. The van der Waals surface area contributed by atoms with Crippen molar-refractivity contribution < 1.29 is 14.3 Å². The number of hydrogen-bond donors (Lipinski definition) is 1. The first kappa shape index (κ1) is 28.3. The average molecular weight is 519 g/mol. The average Bonchev–Trinajstić information content (AvgIpc) is 2.90. The van der Waals surface area contributed by atoms with Crippen LogP contribution in [-0.2, 0) is 28.3 Å². The fourth-order valence-corrected chi connectivity index (χ4v) is 4.92. The minimum atomic E-state index is -0.601. The predicted molar refractivity (Wildman–Crippen MR) is 153 cm³/mol. The van der Waals surface area contributed by atoms with Gasteiger partial charge in [0.25, 0.3) is 0 Å². The second-order valence-corrected chi connectivity index (χ2v) is 10.7. The molecule has 0 bridgehead atoms. The molecule has 0 saturated heterocycles. The maximum atomic E-state index is 13.7. The van der Waals surface area contributed by atoms with E-state index in [1.807, 2.05) is 79.7 Å². The highest BCUT2D eigenvalue weighted by molar-refractivity contribution is 7.99. The van der Waals surface area contributed by atoms with Crippen LogP contribution in [0, 0.1) is 12.8 Å². The zero-order chi connectivity index (χ0) is 26.6. The Bertz CT molecular complexity index is 1130. The van der Waals surface area contributed by atoms with E-state index in [2.05, 4.69) is 25.2 Å². The molecule has 2 amide bonds. The molecule has 0 aliphatic heterocycles. The van der Waals surface area contributed by atoms with E-state index in [9.17, 15) is 9.59 Å². The highest BCUT2D eigenvalue weighted by atomic mass is 32.2. The van der Waals surface area contributed by atoms with E-state index in [1.165, 1.54) is 0 Å². The van der Waals surface area contributed by atoms with Crippen molar-refractivity contribution in [2.45, 2.75) is 45.5 Å². The van der Waals surface area contributed by atoms with Crippen molar-refractivity contribution >= 4 is 23.6 Å². The number of benzene rings is 3. The van der Waals surface area contributed by atoms with Crippen molar-refractivity contribution in [3.05, 3.63) is 101 Å². The van der Waals surface area contributed by atoms with Gasteiger partial charge >= 0.3 is 0 Å². The molecule has 0 aromatic heterocycles. The lowest BCUT2D eigenvalue weighted by Gasteiger charge is -2.32. The Morgan fingerprint density at radius 3 is 2.27 bits per heavy atom. The third-order valence-corrected chi connectivity index (χ3v) is 7.03. The molecule has 0 aliphatic rings. The van der Waals surface area contributed by atoms with Gasteiger partial charge in [0, 0.05) is 25.3 Å². The van der Waals surface area contributed by atoms with Crippen LogP contribution in [0.5, 0.6) is 5.75 Å². The van der Waals surface area contributed by atoms with E-state index in [-0.39, 0.29) is 11.8 Å². The molecule has 3 rings (SSSR count). The SMILES string of the molecule is COc1ccc(CSCC(=O)N(Cc2cccc(C)c2)[C@@H](Cc2ccccc2)C(=O)NCC(C)C)cc1. The largest absolute Gasteiger partial charge is 0.497 e. The monoisotopic (exact) mass is 518 g/mol. The number of thioether (sulfide) groups is 1. The number of methoxy groups -OCH3 is 1. The summed E-state index contributed by atoms with van der Waals surface area (Å²) in [6.45, 7) is 7.13. The molecule has 0 radical (unpaired) electrons. The van der Waals surface area contributed by atoms with Gasteiger partial charge in [0.2, 0.25) is 11.8 Å². The van der Waals surface area contributed by atoms with Gasteiger partial charge in [-0.15, -0.1) is 11.8 Å². The lowest BCUT2D eigenvalue weighted by atomic mass is 10.0. The Kier molecular flexibility index (Phi) is 11.1. The lowest BCUT2D eigenvalue weighted by Crippen LogP contribution is -2.51. The molecule has 0 saturated carbocycles. The summed E-state index contributed by atoms with van der Waals surface area (Å²) in [5, 5.41) is 3.08. The first-order chi connectivity index (χ1) is 17.9. The second kappa shape index (κ2) is 14.5. The Labute approximate surface area is 225 Å². The fourth-order valence-electron chi connectivity index (χ4n) is 4.04. The van der Waals surface area contributed by atoms with Crippen molar-refractivity contribution in [1.82, 2.24) is 10.2 Å².